The first-order valence-corrected chi connectivity index (χ1v) is 25.4. The first kappa shape index (κ1) is 44.1. The molecule has 0 fully saturated rings. The Balaban J connectivity index is 1.24. The van der Waals surface area contributed by atoms with Crippen molar-refractivity contribution >= 4 is 57.2 Å². The Kier molecular flexibility index (Phi) is 11.4. The molecule has 2 heterocycles. The Bertz CT molecular complexity index is 3490. The van der Waals surface area contributed by atoms with Crippen LogP contribution in [0.4, 0.5) is 34.1 Å². The van der Waals surface area contributed by atoms with Gasteiger partial charge >= 0.3 is 0 Å². The van der Waals surface area contributed by atoms with Crippen LogP contribution in [0, 0.1) is 0 Å². The maximum absolute atomic E-state index is 2.66. The van der Waals surface area contributed by atoms with Crippen LogP contribution >= 0.6 is 0 Å². The van der Waals surface area contributed by atoms with E-state index < -0.39 is 0 Å². The molecule has 0 N–H and O–H groups in total. The third-order valence-corrected chi connectivity index (χ3v) is 14.8. The van der Waals surface area contributed by atoms with Crippen molar-refractivity contribution in [3.8, 4) is 55.6 Å². The molecule has 0 saturated carbocycles. The van der Waals surface area contributed by atoms with Crippen molar-refractivity contribution in [1.29, 1.82) is 0 Å². The van der Waals surface area contributed by atoms with Crippen molar-refractivity contribution in [1.82, 2.24) is 0 Å². The van der Waals surface area contributed by atoms with Gasteiger partial charge in [0.05, 0.1) is 5.69 Å². The molecule has 0 unspecified atom stereocenters. The minimum atomic E-state index is -0.175. The van der Waals surface area contributed by atoms with Gasteiger partial charge in [0.15, 0.2) is 0 Å². The van der Waals surface area contributed by atoms with E-state index in [4.69, 9.17) is 0 Å². The number of nitrogens with zero attached hydrogens (tertiary/aromatic N) is 2. The molecule has 0 radical (unpaired) electrons. The number of hydrogen-bond acceptors (Lipinski definition) is 2. The molecule has 3 heteroatoms. The highest BCUT2D eigenvalue weighted by Gasteiger charge is 2.45. The summed E-state index contributed by atoms with van der Waals surface area (Å²) in [5.74, 6) is 0. The monoisotopic (exact) mass is 912 g/mol. The Hall–Kier alpha value is -8.14. The zero-order valence-electron chi connectivity index (χ0n) is 41.1. The summed E-state index contributed by atoms with van der Waals surface area (Å²) in [7, 11) is 0. The van der Waals surface area contributed by atoms with E-state index in [9.17, 15) is 0 Å². The normalized spacial score (nSPS) is 12.6. The second-order valence-electron chi connectivity index (χ2n) is 20.3. The van der Waals surface area contributed by atoms with E-state index in [1.165, 1.54) is 117 Å². The number of anilines is 6. The standard InChI is InChI=1S/C68H57BN2/c1-5-6-23-52-36-37-55(49-28-16-9-17-29-49)44-63(52)70-61-40-38-53(47-24-12-7-13-25-47)42-59(61)69-60-43-54(48-26-14-8-15-27-48)39-41-62(60)71(65-46-56(68(2,3)4)45-64(70)66(65)69)67-57(50-30-18-10-19-31-50)34-22-35-58(67)51-32-20-11-21-33-51/h7-22,24-46H,5-6,23H2,1-4H3. The third kappa shape index (κ3) is 7.96. The average Bonchev–Trinajstić information content (AvgIpc) is 3.43. The van der Waals surface area contributed by atoms with Crippen molar-refractivity contribution in [2.24, 2.45) is 0 Å². The van der Waals surface area contributed by atoms with Gasteiger partial charge in [0.2, 0.25) is 0 Å². The minimum absolute atomic E-state index is 0.0840. The number of hydrogen-bond donors (Lipinski definition) is 0. The first-order valence-electron chi connectivity index (χ1n) is 25.4. The maximum atomic E-state index is 2.66. The summed E-state index contributed by atoms with van der Waals surface area (Å²) >= 11 is 0. The van der Waals surface area contributed by atoms with E-state index >= 15 is 0 Å². The van der Waals surface area contributed by atoms with Gasteiger partial charge in [-0.25, -0.2) is 0 Å². The van der Waals surface area contributed by atoms with Crippen LogP contribution < -0.4 is 26.2 Å². The molecule has 10 aromatic carbocycles. The van der Waals surface area contributed by atoms with Gasteiger partial charge in [0, 0.05) is 39.6 Å². The summed E-state index contributed by atoms with van der Waals surface area (Å²) in [4.78, 5) is 5.32. The van der Waals surface area contributed by atoms with Gasteiger partial charge in [-0.15, -0.1) is 0 Å². The number of benzene rings is 10. The molecule has 0 bridgehead atoms. The van der Waals surface area contributed by atoms with Crippen LogP contribution in [0.25, 0.3) is 55.6 Å². The van der Waals surface area contributed by atoms with Crippen molar-refractivity contribution in [3.05, 3.63) is 248 Å². The molecular formula is C68H57BN2. The lowest BCUT2D eigenvalue weighted by molar-refractivity contribution is 0.590. The summed E-state index contributed by atoms with van der Waals surface area (Å²) in [6.45, 7) is 9.33. The Morgan fingerprint density at radius 3 is 1.25 bits per heavy atom. The van der Waals surface area contributed by atoms with E-state index in [-0.39, 0.29) is 12.1 Å². The fourth-order valence-electron chi connectivity index (χ4n) is 11.2. The van der Waals surface area contributed by atoms with Crippen LogP contribution in [0.3, 0.4) is 0 Å². The van der Waals surface area contributed by atoms with Crippen LogP contribution in [0.1, 0.15) is 51.7 Å². The van der Waals surface area contributed by atoms with Crippen molar-refractivity contribution < 1.29 is 0 Å². The Labute approximate surface area is 420 Å². The minimum Gasteiger partial charge on any atom is -0.311 e. The molecule has 0 aliphatic carbocycles. The second kappa shape index (κ2) is 18.3. The van der Waals surface area contributed by atoms with Gasteiger partial charge in [0.25, 0.3) is 6.71 Å². The van der Waals surface area contributed by atoms with Crippen LogP contribution in [0.2, 0.25) is 0 Å². The fraction of sp³-hybridized carbons (Fsp3) is 0.118. The summed E-state index contributed by atoms with van der Waals surface area (Å²) in [5, 5.41) is 0. The lowest BCUT2D eigenvalue weighted by Gasteiger charge is -2.46. The number of fused-ring (bicyclic) bond motifs is 4. The molecule has 2 aliphatic rings. The fourth-order valence-corrected chi connectivity index (χ4v) is 11.2. The maximum Gasteiger partial charge on any atom is 0.252 e. The molecule has 0 atom stereocenters. The number of unbranched alkanes of at least 4 members (excludes halogenated alkanes) is 1. The number of rotatable bonds is 10. The van der Waals surface area contributed by atoms with E-state index in [0.29, 0.717) is 0 Å². The molecule has 10 aromatic rings. The van der Waals surface area contributed by atoms with Gasteiger partial charge < -0.3 is 9.80 Å². The van der Waals surface area contributed by atoms with E-state index in [1.54, 1.807) is 0 Å². The predicted octanol–water partition coefficient (Wildman–Crippen LogP) is 16.7. The molecule has 12 rings (SSSR count). The molecular weight excluding hydrogens is 856 g/mol. The molecule has 0 amide bonds. The summed E-state index contributed by atoms with van der Waals surface area (Å²) < 4.78 is 0. The lowest BCUT2D eigenvalue weighted by Crippen LogP contribution is -2.61. The van der Waals surface area contributed by atoms with Crippen LogP contribution in [-0.2, 0) is 11.8 Å². The number of aryl methyl sites for hydroxylation is 1. The van der Waals surface area contributed by atoms with Crippen LogP contribution in [0.5, 0.6) is 0 Å². The molecule has 0 aromatic heterocycles. The SMILES string of the molecule is CCCCc1ccc(-c2ccccc2)cc1N1c2ccc(-c3ccccc3)cc2B2c3cc(-c4ccccc4)ccc3N(c3c(-c4ccccc4)cccc3-c3ccccc3)c3cc(C(C)(C)C)cc1c32. The quantitative estimate of drug-likeness (QED) is 0.126. The summed E-state index contributed by atoms with van der Waals surface area (Å²) in [5.41, 5.74) is 25.7. The van der Waals surface area contributed by atoms with Gasteiger partial charge in [0.1, 0.15) is 0 Å². The van der Waals surface area contributed by atoms with Gasteiger partial charge in [-0.3, -0.25) is 0 Å². The molecule has 342 valence electrons. The zero-order valence-corrected chi connectivity index (χ0v) is 41.1. The molecule has 2 nitrogen and oxygen atoms in total. The van der Waals surface area contributed by atoms with Gasteiger partial charge in [-0.1, -0.05) is 240 Å². The van der Waals surface area contributed by atoms with Crippen molar-refractivity contribution in [2.75, 3.05) is 9.80 Å². The molecule has 71 heavy (non-hydrogen) atoms. The highest BCUT2D eigenvalue weighted by Crippen LogP contribution is 2.52. The largest absolute Gasteiger partial charge is 0.311 e. The molecule has 2 aliphatic heterocycles. The summed E-state index contributed by atoms with van der Waals surface area (Å²) in [6, 6.07) is 88.5. The van der Waals surface area contributed by atoms with Gasteiger partial charge in [-0.05, 0) is 121 Å². The first-order chi connectivity index (χ1) is 34.8. The van der Waals surface area contributed by atoms with Crippen LogP contribution in [-0.4, -0.2) is 6.71 Å². The van der Waals surface area contributed by atoms with E-state index in [1.807, 2.05) is 0 Å². The van der Waals surface area contributed by atoms with Gasteiger partial charge in [-0.2, -0.15) is 0 Å². The summed E-state index contributed by atoms with van der Waals surface area (Å²) in [6.07, 6.45) is 3.21. The Morgan fingerprint density at radius 2 is 0.789 bits per heavy atom. The highest BCUT2D eigenvalue weighted by molar-refractivity contribution is 7.00. The Morgan fingerprint density at radius 1 is 0.366 bits per heavy atom. The second-order valence-corrected chi connectivity index (χ2v) is 20.3. The smallest absolute Gasteiger partial charge is 0.252 e. The number of para-hydroxylation sites is 1. The van der Waals surface area contributed by atoms with E-state index in [0.717, 1.165) is 19.3 Å². The zero-order chi connectivity index (χ0) is 48.1. The topological polar surface area (TPSA) is 6.48 Å². The molecule has 0 spiro atoms. The van der Waals surface area contributed by atoms with Crippen molar-refractivity contribution in [3.63, 3.8) is 0 Å². The third-order valence-electron chi connectivity index (χ3n) is 14.8. The predicted molar refractivity (Wildman–Crippen MR) is 305 cm³/mol. The average molecular weight is 913 g/mol. The van der Waals surface area contributed by atoms with E-state index in [2.05, 4.69) is 274 Å². The van der Waals surface area contributed by atoms with Crippen LogP contribution in [0.15, 0.2) is 237 Å². The molecule has 0 saturated heterocycles. The highest BCUT2D eigenvalue weighted by atomic mass is 15.2. The lowest BCUT2D eigenvalue weighted by atomic mass is 9.33. The van der Waals surface area contributed by atoms with Crippen molar-refractivity contribution in [2.45, 2.75) is 52.4 Å².